The topological polar surface area (TPSA) is 163 Å². The maximum absolute atomic E-state index is 13.3. The van der Waals surface area contributed by atoms with Crippen molar-refractivity contribution in [2.75, 3.05) is 28.4 Å². The zero-order chi connectivity index (χ0) is 29.8. The highest BCUT2D eigenvalue weighted by Crippen LogP contribution is 2.47. The fourth-order valence-corrected chi connectivity index (χ4v) is 6.63. The quantitative estimate of drug-likeness (QED) is 0.312. The van der Waals surface area contributed by atoms with Gasteiger partial charge in [0.25, 0.3) is 0 Å². The van der Waals surface area contributed by atoms with Gasteiger partial charge in [0.05, 0.1) is 30.4 Å². The first-order valence-electron chi connectivity index (χ1n) is 13.0. The summed E-state index contributed by atoms with van der Waals surface area (Å²) < 4.78 is 5.81. The molecule has 2 aromatic carbocycles. The van der Waals surface area contributed by atoms with Gasteiger partial charge in [0.2, 0.25) is 16.9 Å². The molecule has 0 spiro atoms. The lowest BCUT2D eigenvalue weighted by atomic mass is 9.76. The third-order valence-corrected chi connectivity index (χ3v) is 8.81. The van der Waals surface area contributed by atoms with E-state index in [4.69, 9.17) is 10.5 Å². The van der Waals surface area contributed by atoms with Gasteiger partial charge in [0, 0.05) is 36.0 Å². The van der Waals surface area contributed by atoms with Crippen LogP contribution in [0.25, 0.3) is 0 Å². The normalized spacial score (nSPS) is 16.5. The smallest absolute Gasteiger partial charge is 0.234 e. The van der Waals surface area contributed by atoms with Gasteiger partial charge in [0.1, 0.15) is 11.6 Å². The lowest BCUT2D eigenvalue weighted by Gasteiger charge is -2.38. The van der Waals surface area contributed by atoms with Crippen LogP contribution in [0.3, 0.4) is 0 Å². The summed E-state index contributed by atoms with van der Waals surface area (Å²) >= 11 is 2.45. The van der Waals surface area contributed by atoms with Crippen LogP contribution in [0.4, 0.5) is 16.5 Å². The van der Waals surface area contributed by atoms with E-state index >= 15 is 0 Å². The number of aromatic nitrogens is 2. The highest BCUT2D eigenvalue weighted by atomic mass is 32.2. The van der Waals surface area contributed by atoms with Crippen LogP contribution in [0, 0.1) is 11.3 Å². The number of hydrogen-bond donors (Lipinski definition) is 3. The maximum Gasteiger partial charge on any atom is 0.234 e. The molecule has 214 valence electrons. The summed E-state index contributed by atoms with van der Waals surface area (Å²) in [6.45, 7) is 1.42. The highest BCUT2D eigenvalue weighted by Gasteiger charge is 2.41. The average Bonchev–Trinajstić information content (AvgIpc) is 3.45. The van der Waals surface area contributed by atoms with Gasteiger partial charge in [-0.2, -0.15) is 5.26 Å². The number of ketones is 1. The number of anilines is 3. The largest absolute Gasteiger partial charge is 0.497 e. The number of ether oxygens (including phenoxy) is 1. The molecule has 0 bridgehead atoms. The van der Waals surface area contributed by atoms with E-state index in [0.717, 1.165) is 11.3 Å². The molecule has 4 N–H and O–H groups in total. The number of amides is 2. The van der Waals surface area contributed by atoms with Crippen LogP contribution in [0.5, 0.6) is 5.75 Å². The first-order valence-corrected chi connectivity index (χ1v) is 14.8. The molecule has 1 aliphatic heterocycles. The molecule has 3 aromatic rings. The molecular weight excluding hydrogens is 574 g/mol. The Kier molecular flexibility index (Phi) is 8.56. The zero-order valence-corrected chi connectivity index (χ0v) is 24.5. The zero-order valence-electron chi connectivity index (χ0n) is 22.8. The Balaban J connectivity index is 1.35. The number of methoxy groups -OCH3 is 1. The van der Waals surface area contributed by atoms with E-state index in [1.165, 1.54) is 30.0 Å². The van der Waals surface area contributed by atoms with E-state index in [1.807, 2.05) is 12.1 Å². The molecule has 1 unspecified atom stereocenters. The van der Waals surface area contributed by atoms with Crippen LogP contribution in [-0.4, -0.2) is 40.7 Å². The Hall–Kier alpha value is -4.67. The Morgan fingerprint density at radius 3 is 2.45 bits per heavy atom. The molecule has 5 rings (SSSR count). The second-order valence-corrected chi connectivity index (χ2v) is 11.7. The van der Waals surface area contributed by atoms with E-state index in [9.17, 15) is 19.6 Å². The fourth-order valence-electron chi connectivity index (χ4n) is 4.95. The van der Waals surface area contributed by atoms with Crippen LogP contribution in [0.1, 0.15) is 37.7 Å². The Morgan fingerprint density at radius 1 is 1.12 bits per heavy atom. The van der Waals surface area contributed by atoms with Gasteiger partial charge in [-0.3, -0.25) is 19.3 Å². The number of rotatable bonds is 8. The molecule has 42 heavy (non-hydrogen) atoms. The molecule has 1 aromatic heterocycles. The van der Waals surface area contributed by atoms with E-state index in [-0.39, 0.29) is 34.7 Å². The first kappa shape index (κ1) is 28.8. The van der Waals surface area contributed by atoms with Crippen LogP contribution < -0.4 is 26.0 Å². The number of hydrogen-bond acceptors (Lipinski definition) is 11. The maximum atomic E-state index is 13.3. The van der Waals surface area contributed by atoms with E-state index in [1.54, 1.807) is 48.4 Å². The molecule has 13 heteroatoms. The predicted molar refractivity (Wildman–Crippen MR) is 161 cm³/mol. The van der Waals surface area contributed by atoms with Crippen molar-refractivity contribution >= 4 is 57.2 Å². The van der Waals surface area contributed by atoms with Gasteiger partial charge < -0.3 is 21.1 Å². The van der Waals surface area contributed by atoms with E-state index < -0.39 is 5.92 Å². The summed E-state index contributed by atoms with van der Waals surface area (Å²) in [5.74, 6) is -0.0598. The van der Waals surface area contributed by atoms with Gasteiger partial charge >= 0.3 is 0 Å². The van der Waals surface area contributed by atoms with Gasteiger partial charge in [-0.15, -0.1) is 10.2 Å². The van der Waals surface area contributed by atoms with Crippen molar-refractivity contribution in [3.63, 3.8) is 0 Å². The second kappa shape index (κ2) is 12.5. The van der Waals surface area contributed by atoms with Crippen LogP contribution in [0.15, 0.2) is 75.5 Å². The number of nitrogens with one attached hydrogen (secondary N) is 2. The van der Waals surface area contributed by atoms with Gasteiger partial charge in [-0.25, -0.2) is 0 Å². The van der Waals surface area contributed by atoms with Crippen molar-refractivity contribution in [3.8, 4) is 11.8 Å². The monoisotopic (exact) mass is 601 g/mol. The average molecular weight is 602 g/mol. The third-order valence-electron chi connectivity index (χ3n) is 6.77. The standard InChI is InChI=1S/C29H27N7O4S2/c1-16(37)32-18-8-10-19(11-9-18)33-24(39)15-41-29-35-34-28(42-29)36-22-4-3-5-23(38)26(22)25(21(14-30)27(36)31)17-6-12-20(40-2)13-7-17/h6-13,25H,3-5,15,31H2,1-2H3,(H,32,37)(H,33,39). The predicted octanol–water partition coefficient (Wildman–Crippen LogP) is 4.54. The first-order chi connectivity index (χ1) is 20.3. The number of carbonyl (C=O) groups excluding carboxylic acids is 3. The van der Waals surface area contributed by atoms with Crippen LogP contribution in [0.2, 0.25) is 0 Å². The Bertz CT molecular complexity index is 1640. The number of nitriles is 1. The third kappa shape index (κ3) is 6.00. The summed E-state index contributed by atoms with van der Waals surface area (Å²) in [4.78, 5) is 38.7. The molecule has 1 atom stereocenters. The van der Waals surface area contributed by atoms with Crippen LogP contribution in [-0.2, 0) is 14.4 Å². The van der Waals surface area contributed by atoms with Crippen molar-refractivity contribution in [1.29, 1.82) is 5.26 Å². The molecule has 0 saturated heterocycles. The van der Waals surface area contributed by atoms with Crippen LogP contribution >= 0.6 is 23.1 Å². The minimum absolute atomic E-state index is 0.0248. The molecule has 11 nitrogen and oxygen atoms in total. The number of allylic oxidation sites excluding steroid dienone is 3. The molecule has 2 amide bonds. The molecular formula is C29H27N7O4S2. The van der Waals surface area contributed by atoms with Crippen molar-refractivity contribution in [2.45, 2.75) is 36.4 Å². The number of thioether (sulfide) groups is 1. The van der Waals surface area contributed by atoms with Crippen molar-refractivity contribution in [2.24, 2.45) is 5.73 Å². The molecule has 2 heterocycles. The number of nitrogens with zero attached hydrogens (tertiary/aromatic N) is 4. The van der Waals surface area contributed by atoms with Gasteiger partial charge in [0.15, 0.2) is 10.1 Å². The summed E-state index contributed by atoms with van der Waals surface area (Å²) in [5, 5.41) is 24.6. The molecule has 0 radical (unpaired) electrons. The molecule has 0 saturated carbocycles. The van der Waals surface area contributed by atoms with Crippen molar-refractivity contribution < 1.29 is 19.1 Å². The van der Waals surface area contributed by atoms with Gasteiger partial charge in [-0.05, 0) is 54.8 Å². The second-order valence-electron chi connectivity index (χ2n) is 9.54. The lowest BCUT2D eigenvalue weighted by Crippen LogP contribution is -2.38. The summed E-state index contributed by atoms with van der Waals surface area (Å²) in [6, 6.07) is 16.3. The number of Topliss-reactive ketones (excluding diaryl/α,β-unsaturated/α-hetero) is 1. The summed E-state index contributed by atoms with van der Waals surface area (Å²) in [5.41, 5.74) is 10.2. The fraction of sp³-hybridized carbons (Fsp3) is 0.241. The van der Waals surface area contributed by atoms with E-state index in [0.29, 0.717) is 51.4 Å². The van der Waals surface area contributed by atoms with E-state index in [2.05, 4.69) is 26.9 Å². The van der Waals surface area contributed by atoms with Crippen molar-refractivity contribution in [1.82, 2.24) is 10.2 Å². The Labute approximate surface area is 250 Å². The van der Waals surface area contributed by atoms with Gasteiger partial charge in [-0.1, -0.05) is 35.2 Å². The summed E-state index contributed by atoms with van der Waals surface area (Å²) in [7, 11) is 1.58. The summed E-state index contributed by atoms with van der Waals surface area (Å²) in [6.07, 6.45) is 1.64. The molecule has 1 aliphatic carbocycles. The minimum Gasteiger partial charge on any atom is -0.497 e. The number of benzene rings is 2. The Morgan fingerprint density at radius 2 is 1.81 bits per heavy atom. The molecule has 2 aliphatic rings. The SMILES string of the molecule is COc1ccc(C2C(C#N)=C(N)N(c3nnc(SCC(=O)Nc4ccc(NC(C)=O)cc4)s3)C3=C2C(=O)CCC3)cc1. The molecule has 0 fully saturated rings. The lowest BCUT2D eigenvalue weighted by molar-refractivity contribution is -0.116. The number of carbonyl (C=O) groups is 3. The minimum atomic E-state index is -0.585. The highest BCUT2D eigenvalue weighted by molar-refractivity contribution is 8.01. The van der Waals surface area contributed by atoms with Crippen molar-refractivity contribution in [3.05, 3.63) is 76.8 Å². The number of nitrogens with two attached hydrogens (primary N) is 1.